The molecular weight excluding hydrogens is 212 g/mol. The highest BCUT2D eigenvalue weighted by Gasteiger charge is 2.52. The van der Waals surface area contributed by atoms with Crippen molar-refractivity contribution in [2.75, 3.05) is 0 Å². The molecule has 0 aliphatic heterocycles. The first-order chi connectivity index (χ1) is 4.50. The van der Waals surface area contributed by atoms with E-state index in [-0.39, 0.29) is 0 Å². The van der Waals surface area contributed by atoms with Crippen molar-refractivity contribution in [2.24, 2.45) is 5.73 Å². The molecule has 0 aromatic carbocycles. The molecule has 0 aliphatic rings. The number of hydrogen-bond donors (Lipinski definition) is 3. The first-order valence-corrected chi connectivity index (χ1v) is 5.09. The summed E-state index contributed by atoms with van der Waals surface area (Å²) in [7, 11) is -4.58. The standard InChI is InChI=1S/C4H10Cl2NO3P/c1-3(2,5)4(6,7)11(8,9)10/h7H2,1-2H3,(H2,8,9,10). The van der Waals surface area contributed by atoms with Gasteiger partial charge in [0.25, 0.3) is 0 Å². The average molecular weight is 222 g/mol. The summed E-state index contributed by atoms with van der Waals surface area (Å²) in [5, 5.41) is 0. The molecule has 0 spiro atoms. The van der Waals surface area contributed by atoms with Gasteiger partial charge in [0.2, 0.25) is 4.74 Å². The second-order valence-electron chi connectivity index (χ2n) is 2.69. The molecule has 0 bridgehead atoms. The van der Waals surface area contributed by atoms with Crippen LogP contribution in [0, 0.1) is 0 Å². The Bertz CT molecular complexity index is 194. The Morgan fingerprint density at radius 3 is 1.64 bits per heavy atom. The number of halogens is 2. The zero-order chi connectivity index (χ0) is 9.50. The van der Waals surface area contributed by atoms with Crippen molar-refractivity contribution in [1.29, 1.82) is 0 Å². The molecule has 0 saturated carbocycles. The Balaban J connectivity index is 4.91. The van der Waals surface area contributed by atoms with E-state index in [2.05, 4.69) is 0 Å². The van der Waals surface area contributed by atoms with E-state index >= 15 is 0 Å². The molecular formula is C4H10Cl2NO3P. The maximum Gasteiger partial charge on any atom is 0.362 e. The summed E-state index contributed by atoms with van der Waals surface area (Å²) in [6.07, 6.45) is 0. The van der Waals surface area contributed by atoms with Crippen LogP contribution < -0.4 is 5.73 Å². The molecule has 1 unspecified atom stereocenters. The van der Waals surface area contributed by atoms with Gasteiger partial charge < -0.3 is 15.5 Å². The Labute approximate surface area is 74.8 Å². The first-order valence-electron chi connectivity index (χ1n) is 2.72. The van der Waals surface area contributed by atoms with E-state index in [0.717, 1.165) is 0 Å². The molecule has 0 heterocycles. The van der Waals surface area contributed by atoms with Gasteiger partial charge in [-0.2, -0.15) is 0 Å². The largest absolute Gasteiger partial charge is 0.362 e. The van der Waals surface area contributed by atoms with E-state index in [9.17, 15) is 4.57 Å². The Kier molecular flexibility index (Phi) is 3.05. The molecule has 0 amide bonds. The van der Waals surface area contributed by atoms with E-state index in [4.69, 9.17) is 38.7 Å². The average Bonchev–Trinajstić information content (AvgIpc) is 1.58. The lowest BCUT2D eigenvalue weighted by atomic mass is 10.2. The van der Waals surface area contributed by atoms with Gasteiger partial charge in [-0.1, -0.05) is 11.6 Å². The normalized spacial score (nSPS) is 19.5. The van der Waals surface area contributed by atoms with Crippen LogP contribution in [0.5, 0.6) is 0 Å². The quantitative estimate of drug-likeness (QED) is 0.370. The number of alkyl halides is 2. The minimum Gasteiger partial charge on any atom is -0.322 e. The van der Waals surface area contributed by atoms with Crippen molar-refractivity contribution < 1.29 is 14.4 Å². The van der Waals surface area contributed by atoms with E-state index in [0.29, 0.717) is 0 Å². The Morgan fingerprint density at radius 2 is 1.64 bits per heavy atom. The lowest BCUT2D eigenvalue weighted by Crippen LogP contribution is -2.48. The van der Waals surface area contributed by atoms with Crippen LogP contribution >= 0.6 is 30.8 Å². The van der Waals surface area contributed by atoms with Crippen LogP contribution in [0.25, 0.3) is 0 Å². The second-order valence-corrected chi connectivity index (χ2v) is 6.29. The molecule has 0 fully saturated rings. The van der Waals surface area contributed by atoms with Crippen LogP contribution in [0.15, 0.2) is 0 Å². The molecule has 7 heteroatoms. The summed E-state index contributed by atoms with van der Waals surface area (Å²) in [5.74, 6) is 0. The van der Waals surface area contributed by atoms with Crippen LogP contribution in [0.1, 0.15) is 13.8 Å². The molecule has 0 saturated heterocycles. The van der Waals surface area contributed by atoms with Crippen molar-refractivity contribution in [3.05, 3.63) is 0 Å². The molecule has 0 radical (unpaired) electrons. The zero-order valence-corrected chi connectivity index (χ0v) is 8.49. The van der Waals surface area contributed by atoms with E-state index in [1.165, 1.54) is 13.8 Å². The van der Waals surface area contributed by atoms with Crippen LogP contribution in [-0.4, -0.2) is 19.4 Å². The molecule has 4 N–H and O–H groups in total. The molecule has 0 aromatic heterocycles. The van der Waals surface area contributed by atoms with Gasteiger partial charge in [0.1, 0.15) is 0 Å². The SMILES string of the molecule is CC(C)(Cl)C(N)(Cl)P(=O)(O)O. The Hall–Kier alpha value is 0.690. The summed E-state index contributed by atoms with van der Waals surface area (Å²) >= 11 is 10.9. The van der Waals surface area contributed by atoms with Gasteiger partial charge in [-0.3, -0.25) is 4.57 Å². The van der Waals surface area contributed by atoms with Crippen LogP contribution in [0.3, 0.4) is 0 Å². The first kappa shape index (κ1) is 11.7. The molecule has 1 atom stereocenters. The lowest BCUT2D eigenvalue weighted by molar-refractivity contribution is 0.336. The third kappa shape index (κ3) is 2.31. The van der Waals surface area contributed by atoms with Crippen molar-refractivity contribution >= 4 is 30.8 Å². The molecule has 0 aromatic rings. The van der Waals surface area contributed by atoms with Crippen LogP contribution in [0.2, 0.25) is 0 Å². The maximum absolute atomic E-state index is 10.7. The van der Waals surface area contributed by atoms with E-state index in [1.807, 2.05) is 0 Å². The second kappa shape index (κ2) is 2.87. The third-order valence-electron chi connectivity index (χ3n) is 1.26. The minimum atomic E-state index is -4.58. The van der Waals surface area contributed by atoms with E-state index < -0.39 is 17.2 Å². The van der Waals surface area contributed by atoms with Crippen molar-refractivity contribution in [3.63, 3.8) is 0 Å². The van der Waals surface area contributed by atoms with Crippen molar-refractivity contribution in [3.8, 4) is 0 Å². The van der Waals surface area contributed by atoms with Gasteiger partial charge in [0.15, 0.2) is 0 Å². The highest BCUT2D eigenvalue weighted by molar-refractivity contribution is 7.56. The maximum atomic E-state index is 10.7. The molecule has 0 rings (SSSR count). The fourth-order valence-corrected chi connectivity index (χ4v) is 1.37. The highest BCUT2D eigenvalue weighted by Crippen LogP contribution is 2.56. The third-order valence-corrected chi connectivity index (χ3v) is 4.32. The van der Waals surface area contributed by atoms with Crippen molar-refractivity contribution in [1.82, 2.24) is 0 Å². The molecule has 0 aliphatic carbocycles. The van der Waals surface area contributed by atoms with Gasteiger partial charge in [0.05, 0.1) is 4.87 Å². The molecule has 4 nitrogen and oxygen atoms in total. The number of rotatable bonds is 2. The monoisotopic (exact) mass is 221 g/mol. The fourth-order valence-electron chi connectivity index (χ4n) is 0.346. The topological polar surface area (TPSA) is 83.6 Å². The number of nitrogens with two attached hydrogens (primary N) is 1. The van der Waals surface area contributed by atoms with Crippen molar-refractivity contribution in [2.45, 2.75) is 23.5 Å². The summed E-state index contributed by atoms with van der Waals surface area (Å²) in [5.41, 5.74) is 5.14. The lowest BCUT2D eigenvalue weighted by Gasteiger charge is -2.33. The molecule has 68 valence electrons. The fraction of sp³-hybridized carbons (Fsp3) is 1.00. The summed E-state index contributed by atoms with van der Waals surface area (Å²) in [6, 6.07) is 0. The predicted octanol–water partition coefficient (Wildman–Crippen LogP) is 1.03. The van der Waals surface area contributed by atoms with Gasteiger partial charge in [0, 0.05) is 0 Å². The van der Waals surface area contributed by atoms with Crippen LogP contribution in [-0.2, 0) is 4.57 Å². The smallest absolute Gasteiger partial charge is 0.322 e. The van der Waals surface area contributed by atoms with Gasteiger partial charge in [-0.05, 0) is 13.8 Å². The van der Waals surface area contributed by atoms with Gasteiger partial charge in [-0.25, -0.2) is 0 Å². The predicted molar refractivity (Wildman–Crippen MR) is 44.7 cm³/mol. The van der Waals surface area contributed by atoms with Crippen LogP contribution in [0.4, 0.5) is 0 Å². The van der Waals surface area contributed by atoms with Gasteiger partial charge >= 0.3 is 7.60 Å². The van der Waals surface area contributed by atoms with Gasteiger partial charge in [-0.15, -0.1) is 11.6 Å². The summed E-state index contributed by atoms with van der Waals surface area (Å²) in [4.78, 5) is 15.9. The van der Waals surface area contributed by atoms with E-state index in [1.54, 1.807) is 0 Å². The number of hydrogen-bond acceptors (Lipinski definition) is 2. The highest BCUT2D eigenvalue weighted by atomic mass is 35.5. The molecule has 11 heavy (non-hydrogen) atoms. The zero-order valence-electron chi connectivity index (χ0n) is 6.08. The summed E-state index contributed by atoms with van der Waals surface area (Å²) < 4.78 is 8.43. The Morgan fingerprint density at radius 1 is 1.36 bits per heavy atom. The minimum absolute atomic E-state index is 1.33. The summed E-state index contributed by atoms with van der Waals surface area (Å²) in [6.45, 7) is 2.67.